The Bertz CT molecular complexity index is 452. The van der Waals surface area contributed by atoms with Crippen LogP contribution < -0.4 is 10.8 Å². The number of anilines is 2. The molecule has 0 unspecified atom stereocenters. The molecule has 0 saturated heterocycles. The highest BCUT2D eigenvalue weighted by Gasteiger charge is 2.28. The van der Waals surface area contributed by atoms with Gasteiger partial charge in [0.25, 0.3) is 0 Å². The molecule has 2 rings (SSSR count). The SMILES string of the molecule is O=[N+]([O-])c1c(NOCCCO)ncnc1NC1CC1. The molecule has 9 heteroatoms. The third-order valence-electron chi connectivity index (χ3n) is 2.50. The van der Waals surface area contributed by atoms with E-state index in [-0.39, 0.29) is 36.6 Å². The molecule has 104 valence electrons. The Morgan fingerprint density at radius 2 is 2.21 bits per heavy atom. The van der Waals surface area contributed by atoms with Gasteiger partial charge in [0, 0.05) is 12.6 Å². The van der Waals surface area contributed by atoms with Crippen LogP contribution in [0.3, 0.4) is 0 Å². The molecule has 1 heterocycles. The van der Waals surface area contributed by atoms with Crippen molar-refractivity contribution in [3.05, 3.63) is 16.4 Å². The first-order chi connectivity index (χ1) is 9.22. The number of aromatic nitrogens is 2. The van der Waals surface area contributed by atoms with E-state index in [4.69, 9.17) is 9.94 Å². The summed E-state index contributed by atoms with van der Waals surface area (Å²) in [5.74, 6) is 0.192. The number of aliphatic hydroxyl groups excluding tert-OH is 1. The van der Waals surface area contributed by atoms with Crippen LogP contribution in [-0.4, -0.2) is 39.3 Å². The van der Waals surface area contributed by atoms with Gasteiger partial charge in [-0.05, 0) is 19.3 Å². The average molecular weight is 269 g/mol. The lowest BCUT2D eigenvalue weighted by Crippen LogP contribution is -2.12. The van der Waals surface area contributed by atoms with Gasteiger partial charge in [-0.2, -0.15) is 0 Å². The van der Waals surface area contributed by atoms with Crippen LogP contribution >= 0.6 is 0 Å². The number of hydrogen-bond donors (Lipinski definition) is 3. The largest absolute Gasteiger partial charge is 0.396 e. The molecule has 1 aromatic heterocycles. The van der Waals surface area contributed by atoms with Crippen molar-refractivity contribution in [2.45, 2.75) is 25.3 Å². The monoisotopic (exact) mass is 269 g/mol. The molecule has 1 fully saturated rings. The fourth-order valence-electron chi connectivity index (χ4n) is 1.41. The van der Waals surface area contributed by atoms with Crippen molar-refractivity contribution in [2.75, 3.05) is 24.0 Å². The molecule has 0 aliphatic heterocycles. The number of nitro groups is 1. The normalized spacial score (nSPS) is 14.2. The maximum absolute atomic E-state index is 11.1. The van der Waals surface area contributed by atoms with E-state index < -0.39 is 4.92 Å². The van der Waals surface area contributed by atoms with Crippen LogP contribution in [0.5, 0.6) is 0 Å². The average Bonchev–Trinajstić information content (AvgIpc) is 3.18. The van der Waals surface area contributed by atoms with E-state index >= 15 is 0 Å². The molecule has 1 aliphatic carbocycles. The van der Waals surface area contributed by atoms with E-state index in [1.807, 2.05) is 0 Å². The summed E-state index contributed by atoms with van der Waals surface area (Å²) >= 11 is 0. The molecule has 0 aromatic carbocycles. The first kappa shape index (κ1) is 13.4. The van der Waals surface area contributed by atoms with Crippen LogP contribution in [-0.2, 0) is 4.84 Å². The van der Waals surface area contributed by atoms with Crippen LogP contribution in [0.25, 0.3) is 0 Å². The van der Waals surface area contributed by atoms with Crippen molar-refractivity contribution in [2.24, 2.45) is 0 Å². The highest BCUT2D eigenvalue weighted by atomic mass is 16.6. The maximum atomic E-state index is 11.1. The van der Waals surface area contributed by atoms with E-state index in [1.54, 1.807) is 0 Å². The Morgan fingerprint density at radius 1 is 1.47 bits per heavy atom. The van der Waals surface area contributed by atoms with Gasteiger partial charge >= 0.3 is 5.69 Å². The number of nitrogens with zero attached hydrogens (tertiary/aromatic N) is 3. The van der Waals surface area contributed by atoms with Gasteiger partial charge in [-0.1, -0.05) is 0 Å². The van der Waals surface area contributed by atoms with Gasteiger partial charge in [-0.3, -0.25) is 15.0 Å². The number of aliphatic hydroxyl groups is 1. The Morgan fingerprint density at radius 3 is 2.84 bits per heavy atom. The lowest BCUT2D eigenvalue weighted by Gasteiger charge is -2.09. The second-order valence-corrected chi connectivity index (χ2v) is 4.12. The number of nitrogens with one attached hydrogen (secondary N) is 2. The minimum absolute atomic E-state index is 0.00101. The molecular weight excluding hydrogens is 254 g/mol. The number of rotatable bonds is 8. The molecule has 9 nitrogen and oxygen atoms in total. The van der Waals surface area contributed by atoms with E-state index in [9.17, 15) is 10.1 Å². The lowest BCUT2D eigenvalue weighted by molar-refractivity contribution is -0.383. The maximum Gasteiger partial charge on any atom is 0.355 e. The fraction of sp³-hybridized carbons (Fsp3) is 0.600. The molecule has 1 aromatic rings. The summed E-state index contributed by atoms with van der Waals surface area (Å²) in [5, 5.41) is 22.7. The first-order valence-electron chi connectivity index (χ1n) is 5.97. The van der Waals surface area contributed by atoms with Gasteiger partial charge in [0.15, 0.2) is 0 Å². The van der Waals surface area contributed by atoms with E-state index in [0.29, 0.717) is 6.42 Å². The Labute approximate surface area is 109 Å². The Kier molecular flexibility index (Phi) is 4.42. The van der Waals surface area contributed by atoms with Gasteiger partial charge in [0.1, 0.15) is 6.33 Å². The molecule has 1 aliphatic rings. The summed E-state index contributed by atoms with van der Waals surface area (Å²) in [6, 6.07) is 0.247. The zero-order valence-electron chi connectivity index (χ0n) is 10.2. The Hall–Kier alpha value is -2.00. The summed E-state index contributed by atoms with van der Waals surface area (Å²) in [7, 11) is 0. The third kappa shape index (κ3) is 3.73. The fourth-order valence-corrected chi connectivity index (χ4v) is 1.41. The summed E-state index contributed by atoms with van der Waals surface area (Å²) in [4.78, 5) is 23.2. The molecular formula is C10H15N5O4. The van der Waals surface area contributed by atoms with Crippen molar-refractivity contribution < 1.29 is 14.9 Å². The second-order valence-electron chi connectivity index (χ2n) is 4.12. The van der Waals surface area contributed by atoms with Crippen LogP contribution in [0.1, 0.15) is 19.3 Å². The molecule has 0 amide bonds. The minimum Gasteiger partial charge on any atom is -0.396 e. The van der Waals surface area contributed by atoms with E-state index in [0.717, 1.165) is 12.8 Å². The third-order valence-corrected chi connectivity index (χ3v) is 2.50. The summed E-state index contributed by atoms with van der Waals surface area (Å²) in [5.41, 5.74) is 2.18. The highest BCUT2D eigenvalue weighted by molar-refractivity contribution is 5.69. The van der Waals surface area contributed by atoms with Gasteiger partial charge in [0.2, 0.25) is 11.6 Å². The molecule has 0 radical (unpaired) electrons. The van der Waals surface area contributed by atoms with E-state index in [1.165, 1.54) is 6.33 Å². The summed E-state index contributed by atoms with van der Waals surface area (Å²) in [6.07, 6.45) is 3.63. The first-order valence-corrected chi connectivity index (χ1v) is 5.97. The summed E-state index contributed by atoms with van der Waals surface area (Å²) in [6.45, 7) is 0.213. The summed E-state index contributed by atoms with van der Waals surface area (Å²) < 4.78 is 0. The second kappa shape index (κ2) is 6.25. The molecule has 0 bridgehead atoms. The zero-order chi connectivity index (χ0) is 13.7. The highest BCUT2D eigenvalue weighted by Crippen LogP contribution is 2.32. The van der Waals surface area contributed by atoms with Crippen LogP contribution in [0.4, 0.5) is 17.3 Å². The molecule has 3 N–H and O–H groups in total. The van der Waals surface area contributed by atoms with Gasteiger partial charge < -0.3 is 10.4 Å². The van der Waals surface area contributed by atoms with Gasteiger partial charge in [0.05, 0.1) is 11.5 Å². The standard InChI is InChI=1S/C10H15N5O4/c16-4-1-5-19-14-10-8(15(17)18)9(11-6-12-10)13-7-2-3-7/h6-7,16H,1-5H2,(H2,11,12,13,14). The van der Waals surface area contributed by atoms with Crippen LogP contribution in [0, 0.1) is 10.1 Å². The van der Waals surface area contributed by atoms with Crippen molar-refractivity contribution in [3.8, 4) is 0 Å². The van der Waals surface area contributed by atoms with Crippen molar-refractivity contribution in [1.82, 2.24) is 9.97 Å². The molecule has 19 heavy (non-hydrogen) atoms. The van der Waals surface area contributed by atoms with Gasteiger partial charge in [-0.25, -0.2) is 15.4 Å². The van der Waals surface area contributed by atoms with Gasteiger partial charge in [-0.15, -0.1) is 0 Å². The zero-order valence-corrected chi connectivity index (χ0v) is 10.2. The predicted octanol–water partition coefficient (Wildman–Crippen LogP) is 0.685. The van der Waals surface area contributed by atoms with Crippen LogP contribution in [0.15, 0.2) is 6.33 Å². The number of hydrogen-bond acceptors (Lipinski definition) is 8. The molecule has 1 saturated carbocycles. The Balaban J connectivity index is 2.09. The van der Waals surface area contributed by atoms with Crippen molar-refractivity contribution >= 4 is 17.3 Å². The topological polar surface area (TPSA) is 122 Å². The quantitative estimate of drug-likeness (QED) is 0.358. The van der Waals surface area contributed by atoms with Crippen LogP contribution in [0.2, 0.25) is 0 Å². The smallest absolute Gasteiger partial charge is 0.355 e. The minimum atomic E-state index is -0.553. The van der Waals surface area contributed by atoms with E-state index in [2.05, 4.69) is 20.8 Å². The van der Waals surface area contributed by atoms with Crippen molar-refractivity contribution in [1.29, 1.82) is 0 Å². The predicted molar refractivity (Wildman–Crippen MR) is 66.6 cm³/mol. The molecule has 0 spiro atoms. The molecule has 0 atom stereocenters. The van der Waals surface area contributed by atoms with Crippen molar-refractivity contribution in [3.63, 3.8) is 0 Å². The lowest BCUT2D eigenvalue weighted by atomic mass is 10.4.